The van der Waals surface area contributed by atoms with Gasteiger partial charge in [0.25, 0.3) is 0 Å². The van der Waals surface area contributed by atoms with Gasteiger partial charge < -0.3 is 9.47 Å². The number of ether oxygens (including phenoxy) is 2. The zero-order valence-electron chi connectivity index (χ0n) is 15.1. The van der Waals surface area contributed by atoms with Crippen LogP contribution in [0.2, 0.25) is 0 Å². The number of hydrogen-bond donors (Lipinski definition) is 0. The fourth-order valence-corrected chi connectivity index (χ4v) is 3.16. The standard InChI is InChI=1S/C20H27N3O2/c1-3-11-25-19-5-4-10-23(15-19)14-16-12-21-20(22-13-16)17-6-8-18(24-2)9-7-17/h6-9,12-13,19H,3-5,10-11,14-15H2,1-2H3/t19-/m0/s1. The largest absolute Gasteiger partial charge is 0.497 e. The molecule has 1 aliphatic heterocycles. The van der Waals surface area contributed by atoms with Gasteiger partial charge in [0.05, 0.1) is 13.2 Å². The van der Waals surface area contributed by atoms with Crippen LogP contribution in [0, 0.1) is 0 Å². The van der Waals surface area contributed by atoms with Crippen LogP contribution in [-0.2, 0) is 11.3 Å². The summed E-state index contributed by atoms with van der Waals surface area (Å²) in [7, 11) is 1.67. The van der Waals surface area contributed by atoms with Gasteiger partial charge in [-0.15, -0.1) is 0 Å². The SMILES string of the molecule is CCCO[C@H]1CCCN(Cc2cnc(-c3ccc(OC)cc3)nc2)C1. The van der Waals surface area contributed by atoms with Crippen molar-refractivity contribution in [2.75, 3.05) is 26.8 Å². The second-order valence-corrected chi connectivity index (χ2v) is 6.51. The number of nitrogens with zero attached hydrogens (tertiary/aromatic N) is 3. The molecule has 0 N–H and O–H groups in total. The summed E-state index contributed by atoms with van der Waals surface area (Å²) in [5.41, 5.74) is 2.15. The minimum atomic E-state index is 0.369. The lowest BCUT2D eigenvalue weighted by Crippen LogP contribution is -2.39. The monoisotopic (exact) mass is 341 g/mol. The van der Waals surface area contributed by atoms with E-state index >= 15 is 0 Å². The average Bonchev–Trinajstić information content (AvgIpc) is 2.67. The van der Waals surface area contributed by atoms with Crippen molar-refractivity contribution < 1.29 is 9.47 Å². The van der Waals surface area contributed by atoms with Crippen molar-refractivity contribution in [2.24, 2.45) is 0 Å². The van der Waals surface area contributed by atoms with Crippen molar-refractivity contribution >= 4 is 0 Å². The van der Waals surface area contributed by atoms with Crippen LogP contribution in [0.1, 0.15) is 31.7 Å². The summed E-state index contributed by atoms with van der Waals surface area (Å²) >= 11 is 0. The summed E-state index contributed by atoms with van der Waals surface area (Å²) in [5, 5.41) is 0. The highest BCUT2D eigenvalue weighted by Crippen LogP contribution is 2.20. The van der Waals surface area contributed by atoms with Crippen LogP contribution in [0.3, 0.4) is 0 Å². The fraction of sp³-hybridized carbons (Fsp3) is 0.500. The van der Waals surface area contributed by atoms with Crippen molar-refractivity contribution in [2.45, 2.75) is 38.8 Å². The molecule has 25 heavy (non-hydrogen) atoms. The zero-order valence-corrected chi connectivity index (χ0v) is 15.1. The predicted octanol–water partition coefficient (Wildman–Crippen LogP) is 3.54. The van der Waals surface area contributed by atoms with E-state index in [2.05, 4.69) is 21.8 Å². The number of aromatic nitrogens is 2. The Hall–Kier alpha value is -1.98. The van der Waals surface area contributed by atoms with Gasteiger partial charge in [-0.25, -0.2) is 9.97 Å². The number of hydrogen-bond acceptors (Lipinski definition) is 5. The molecule has 2 aromatic rings. The quantitative estimate of drug-likeness (QED) is 0.771. The molecule has 2 heterocycles. The Labute approximate surface area is 150 Å². The van der Waals surface area contributed by atoms with Crippen LogP contribution in [0.4, 0.5) is 0 Å². The molecular formula is C20H27N3O2. The van der Waals surface area contributed by atoms with Crippen LogP contribution in [0.15, 0.2) is 36.7 Å². The first-order chi connectivity index (χ1) is 12.3. The van der Waals surface area contributed by atoms with E-state index in [4.69, 9.17) is 9.47 Å². The van der Waals surface area contributed by atoms with Crippen LogP contribution in [0.25, 0.3) is 11.4 Å². The summed E-state index contributed by atoms with van der Waals surface area (Å²) in [6.07, 6.45) is 7.68. The fourth-order valence-electron chi connectivity index (χ4n) is 3.16. The number of rotatable bonds is 7. The Kier molecular flexibility index (Phi) is 6.36. The summed E-state index contributed by atoms with van der Waals surface area (Å²) in [4.78, 5) is 11.5. The van der Waals surface area contributed by atoms with E-state index in [0.717, 1.165) is 55.4 Å². The lowest BCUT2D eigenvalue weighted by molar-refractivity contribution is -0.00227. The molecule has 0 amide bonds. The topological polar surface area (TPSA) is 47.5 Å². The van der Waals surface area contributed by atoms with Gasteiger partial charge in [-0.2, -0.15) is 0 Å². The number of likely N-dealkylation sites (tertiary alicyclic amines) is 1. The van der Waals surface area contributed by atoms with E-state index in [1.807, 2.05) is 36.7 Å². The molecule has 1 aromatic carbocycles. The van der Waals surface area contributed by atoms with Crippen molar-refractivity contribution in [3.63, 3.8) is 0 Å². The van der Waals surface area contributed by atoms with Crippen LogP contribution in [-0.4, -0.2) is 47.8 Å². The molecule has 0 radical (unpaired) electrons. The van der Waals surface area contributed by atoms with Gasteiger partial charge in [0.2, 0.25) is 0 Å². The Bertz CT molecular complexity index is 643. The summed E-state index contributed by atoms with van der Waals surface area (Å²) < 4.78 is 11.1. The number of benzene rings is 1. The van der Waals surface area contributed by atoms with E-state index in [-0.39, 0.29) is 0 Å². The maximum absolute atomic E-state index is 5.91. The van der Waals surface area contributed by atoms with Gasteiger partial charge in [-0.3, -0.25) is 4.90 Å². The molecule has 1 saturated heterocycles. The first-order valence-electron chi connectivity index (χ1n) is 9.07. The first kappa shape index (κ1) is 17.8. The lowest BCUT2D eigenvalue weighted by atomic mass is 10.1. The van der Waals surface area contributed by atoms with Crippen molar-refractivity contribution in [3.8, 4) is 17.1 Å². The molecule has 1 aliphatic rings. The van der Waals surface area contributed by atoms with Crippen LogP contribution < -0.4 is 4.74 Å². The van der Waals surface area contributed by atoms with Gasteiger partial charge in [-0.1, -0.05) is 6.92 Å². The van der Waals surface area contributed by atoms with Gasteiger partial charge in [-0.05, 0) is 50.1 Å². The molecule has 1 aromatic heterocycles. The molecule has 5 heteroatoms. The smallest absolute Gasteiger partial charge is 0.159 e. The molecule has 134 valence electrons. The molecule has 1 atom stereocenters. The molecule has 0 unspecified atom stereocenters. The third-order valence-corrected chi connectivity index (χ3v) is 4.48. The highest BCUT2D eigenvalue weighted by molar-refractivity contribution is 5.55. The predicted molar refractivity (Wildman–Crippen MR) is 98.6 cm³/mol. The van der Waals surface area contributed by atoms with E-state index in [1.54, 1.807) is 7.11 Å². The third kappa shape index (κ3) is 5.00. The summed E-state index contributed by atoms with van der Waals surface area (Å²) in [5.74, 6) is 1.58. The second-order valence-electron chi connectivity index (χ2n) is 6.51. The molecule has 0 aliphatic carbocycles. The van der Waals surface area contributed by atoms with Crippen LogP contribution in [0.5, 0.6) is 5.75 Å². The molecule has 1 fully saturated rings. The third-order valence-electron chi connectivity index (χ3n) is 4.48. The van der Waals surface area contributed by atoms with Crippen molar-refractivity contribution in [3.05, 3.63) is 42.2 Å². The lowest BCUT2D eigenvalue weighted by Gasteiger charge is -2.32. The minimum absolute atomic E-state index is 0.369. The molecular weight excluding hydrogens is 314 g/mol. The van der Waals surface area contributed by atoms with Crippen molar-refractivity contribution in [1.29, 1.82) is 0 Å². The molecule has 3 rings (SSSR count). The number of methoxy groups -OCH3 is 1. The minimum Gasteiger partial charge on any atom is -0.497 e. The molecule has 0 spiro atoms. The van der Waals surface area contributed by atoms with Crippen LogP contribution >= 0.6 is 0 Å². The normalized spacial score (nSPS) is 18.2. The molecule has 5 nitrogen and oxygen atoms in total. The summed E-state index contributed by atoms with van der Waals surface area (Å²) in [6.45, 7) is 6.02. The Morgan fingerprint density at radius 2 is 1.92 bits per heavy atom. The van der Waals surface area contributed by atoms with Gasteiger partial charge in [0.1, 0.15) is 5.75 Å². The van der Waals surface area contributed by atoms with E-state index < -0.39 is 0 Å². The van der Waals surface area contributed by atoms with E-state index in [0.29, 0.717) is 6.10 Å². The Balaban J connectivity index is 1.58. The highest BCUT2D eigenvalue weighted by atomic mass is 16.5. The number of piperidine rings is 1. The highest BCUT2D eigenvalue weighted by Gasteiger charge is 2.20. The maximum atomic E-state index is 5.91. The van der Waals surface area contributed by atoms with Gasteiger partial charge >= 0.3 is 0 Å². The molecule has 0 bridgehead atoms. The van der Waals surface area contributed by atoms with Crippen molar-refractivity contribution in [1.82, 2.24) is 14.9 Å². The zero-order chi connectivity index (χ0) is 17.5. The van der Waals surface area contributed by atoms with Gasteiger partial charge in [0.15, 0.2) is 5.82 Å². The summed E-state index contributed by atoms with van der Waals surface area (Å²) in [6, 6.07) is 7.82. The van der Waals surface area contributed by atoms with E-state index in [1.165, 1.54) is 12.8 Å². The Morgan fingerprint density at radius 3 is 2.60 bits per heavy atom. The second kappa shape index (κ2) is 8.92. The average molecular weight is 341 g/mol. The van der Waals surface area contributed by atoms with Gasteiger partial charge in [0, 0.05) is 43.2 Å². The van der Waals surface area contributed by atoms with E-state index in [9.17, 15) is 0 Å². The Morgan fingerprint density at radius 1 is 1.16 bits per heavy atom. The maximum Gasteiger partial charge on any atom is 0.159 e. The molecule has 0 saturated carbocycles. The first-order valence-corrected chi connectivity index (χ1v) is 9.07.